The highest BCUT2D eigenvalue weighted by molar-refractivity contribution is 8.00. The molecule has 0 radical (unpaired) electrons. The van der Waals surface area contributed by atoms with Gasteiger partial charge in [0, 0.05) is 5.69 Å². The van der Waals surface area contributed by atoms with Crippen LogP contribution in [0.2, 0.25) is 0 Å². The van der Waals surface area contributed by atoms with Crippen LogP contribution in [0.1, 0.15) is 6.92 Å². The Morgan fingerprint density at radius 2 is 1.88 bits per heavy atom. The van der Waals surface area contributed by atoms with Gasteiger partial charge in [-0.25, -0.2) is 12.8 Å². The normalized spacial score (nSPS) is 11.4. The minimum atomic E-state index is -4.11. The van der Waals surface area contributed by atoms with Crippen molar-refractivity contribution < 1.29 is 26.8 Å². The molecule has 0 spiro atoms. The number of amides is 1. The maximum Gasteiger partial charge on any atom is 0.238 e. The van der Waals surface area contributed by atoms with E-state index in [1.165, 1.54) is 11.3 Å². The lowest BCUT2D eigenvalue weighted by molar-refractivity contribution is -0.113. The Balaban J connectivity index is 1.55. The number of hydrogen-bond acceptors (Lipinski definition) is 8. The number of ether oxygens (including phenoxy) is 1. The van der Waals surface area contributed by atoms with Crippen molar-refractivity contribution in [2.75, 3.05) is 17.7 Å². The third-order valence-electron chi connectivity index (χ3n) is 4.46. The number of carbonyl (C=O) groups is 1. The third-order valence-corrected chi connectivity index (χ3v) is 8.07. The van der Waals surface area contributed by atoms with E-state index in [-0.39, 0.29) is 32.6 Å². The van der Waals surface area contributed by atoms with Gasteiger partial charge in [0.2, 0.25) is 31.8 Å². The van der Waals surface area contributed by atoms with E-state index < -0.39 is 15.7 Å². The summed E-state index contributed by atoms with van der Waals surface area (Å²) in [5, 5.41) is 4.22. The first-order valence-electron chi connectivity index (χ1n) is 10.1. The van der Waals surface area contributed by atoms with E-state index in [2.05, 4.69) is 10.3 Å². The lowest BCUT2D eigenvalue weighted by atomic mass is 10.3. The van der Waals surface area contributed by atoms with E-state index >= 15 is 0 Å². The predicted octanol–water partition coefficient (Wildman–Crippen LogP) is 5.50. The van der Waals surface area contributed by atoms with E-state index in [1.807, 2.05) is 12.3 Å². The van der Waals surface area contributed by atoms with Gasteiger partial charge in [-0.1, -0.05) is 17.8 Å². The lowest BCUT2D eigenvalue weighted by Gasteiger charge is -2.07. The summed E-state index contributed by atoms with van der Waals surface area (Å²) >= 11 is 2.25. The average Bonchev–Trinajstić information content (AvgIpc) is 3.50. The number of nitrogens with one attached hydrogen (secondary N) is 1. The summed E-state index contributed by atoms with van der Waals surface area (Å²) in [6, 6.07) is 14.9. The first-order chi connectivity index (χ1) is 16.4. The Bertz CT molecular complexity index is 1370. The molecule has 0 aliphatic rings. The molecule has 0 aliphatic carbocycles. The van der Waals surface area contributed by atoms with Crippen LogP contribution in [0.5, 0.6) is 5.75 Å². The molecule has 7 nitrogen and oxygen atoms in total. The van der Waals surface area contributed by atoms with Crippen LogP contribution in [0.15, 0.2) is 85.5 Å². The van der Waals surface area contributed by atoms with Crippen LogP contribution in [-0.4, -0.2) is 31.7 Å². The van der Waals surface area contributed by atoms with Crippen LogP contribution in [0.3, 0.4) is 0 Å². The molecule has 176 valence electrons. The number of carbonyl (C=O) groups excluding carboxylic acids is 1. The fourth-order valence-electron chi connectivity index (χ4n) is 2.91. The second-order valence-corrected chi connectivity index (χ2v) is 10.6. The summed E-state index contributed by atoms with van der Waals surface area (Å²) in [6.45, 7) is 2.42. The second kappa shape index (κ2) is 10.4. The van der Waals surface area contributed by atoms with E-state index in [0.717, 1.165) is 36.0 Å². The first-order valence-corrected chi connectivity index (χ1v) is 13.4. The van der Waals surface area contributed by atoms with Crippen LogP contribution >= 0.6 is 23.1 Å². The molecule has 2 heterocycles. The van der Waals surface area contributed by atoms with Gasteiger partial charge >= 0.3 is 0 Å². The average molecular weight is 519 g/mol. The van der Waals surface area contributed by atoms with E-state index in [9.17, 15) is 17.6 Å². The number of thioether (sulfide) groups is 1. The monoisotopic (exact) mass is 518 g/mol. The van der Waals surface area contributed by atoms with Crippen LogP contribution in [0, 0.1) is 5.82 Å². The van der Waals surface area contributed by atoms with Crippen molar-refractivity contribution >= 4 is 44.5 Å². The second-order valence-electron chi connectivity index (χ2n) is 6.84. The summed E-state index contributed by atoms with van der Waals surface area (Å²) in [4.78, 5) is 17.2. The van der Waals surface area contributed by atoms with E-state index in [0.29, 0.717) is 22.9 Å². The van der Waals surface area contributed by atoms with Crippen LogP contribution in [0.4, 0.5) is 10.1 Å². The molecule has 0 atom stereocenters. The lowest BCUT2D eigenvalue weighted by Crippen LogP contribution is -2.14. The summed E-state index contributed by atoms with van der Waals surface area (Å²) in [5.74, 6) is -0.205. The zero-order valence-corrected chi connectivity index (χ0v) is 20.3. The standard InChI is InChI=1S/C23H19FN2O5S3/c1-2-30-17-9-7-16(8-10-17)25-20(27)14-33-23-22(26-21(31-23)19-4-3-13-32-19)34(28,29)18-11-5-15(24)6-12-18/h3-13H,2,14H2,1H3,(H,25,27). The van der Waals surface area contributed by atoms with Gasteiger partial charge in [0.05, 0.1) is 22.1 Å². The maximum absolute atomic E-state index is 13.3. The number of aromatic nitrogens is 1. The van der Waals surface area contributed by atoms with Gasteiger partial charge in [-0.3, -0.25) is 4.79 Å². The van der Waals surface area contributed by atoms with Crippen molar-refractivity contribution in [1.82, 2.24) is 4.98 Å². The molecule has 1 amide bonds. The van der Waals surface area contributed by atoms with Gasteiger partial charge in [0.25, 0.3) is 0 Å². The van der Waals surface area contributed by atoms with Crippen molar-refractivity contribution in [3.63, 3.8) is 0 Å². The molecule has 4 rings (SSSR count). The van der Waals surface area contributed by atoms with Crippen molar-refractivity contribution in [2.45, 2.75) is 21.9 Å². The van der Waals surface area contributed by atoms with E-state index in [1.54, 1.807) is 36.4 Å². The molecule has 1 N–H and O–H groups in total. The Labute approximate surface area is 203 Å². The zero-order chi connectivity index (χ0) is 24.1. The maximum atomic E-state index is 13.3. The summed E-state index contributed by atoms with van der Waals surface area (Å²) in [6.07, 6.45) is 0. The highest BCUT2D eigenvalue weighted by Gasteiger charge is 2.29. The molecule has 0 saturated carbocycles. The van der Waals surface area contributed by atoms with Gasteiger partial charge in [0.1, 0.15) is 11.6 Å². The van der Waals surface area contributed by atoms with Crippen molar-refractivity contribution in [3.8, 4) is 16.5 Å². The number of rotatable bonds is 9. The molecular weight excluding hydrogens is 499 g/mol. The number of anilines is 1. The van der Waals surface area contributed by atoms with E-state index in [4.69, 9.17) is 9.15 Å². The highest BCUT2D eigenvalue weighted by Crippen LogP contribution is 2.36. The van der Waals surface area contributed by atoms with Crippen LogP contribution in [0.25, 0.3) is 10.8 Å². The van der Waals surface area contributed by atoms with Gasteiger partial charge in [0.15, 0.2) is 0 Å². The van der Waals surface area contributed by atoms with Crippen LogP contribution < -0.4 is 10.1 Å². The molecule has 0 fully saturated rings. The molecule has 11 heteroatoms. The predicted molar refractivity (Wildman–Crippen MR) is 129 cm³/mol. The number of nitrogens with zero attached hydrogens (tertiary/aromatic N) is 1. The topological polar surface area (TPSA) is 98.5 Å². The zero-order valence-electron chi connectivity index (χ0n) is 17.9. The largest absolute Gasteiger partial charge is 0.494 e. The van der Waals surface area contributed by atoms with Gasteiger partial charge < -0.3 is 14.5 Å². The third kappa shape index (κ3) is 5.49. The first kappa shape index (κ1) is 24.0. The van der Waals surface area contributed by atoms with Crippen molar-refractivity contribution in [3.05, 3.63) is 71.9 Å². The fourth-order valence-corrected chi connectivity index (χ4v) is 5.89. The van der Waals surface area contributed by atoms with Gasteiger partial charge in [-0.15, -0.1) is 11.3 Å². The summed E-state index contributed by atoms with van der Waals surface area (Å²) in [5.41, 5.74) is 0.574. The van der Waals surface area contributed by atoms with Crippen molar-refractivity contribution in [2.24, 2.45) is 0 Å². The van der Waals surface area contributed by atoms with Gasteiger partial charge in [-0.05, 0) is 66.9 Å². The number of thiophene rings is 1. The number of benzene rings is 2. The molecule has 2 aromatic heterocycles. The summed E-state index contributed by atoms with van der Waals surface area (Å²) in [7, 11) is -4.11. The molecule has 0 bridgehead atoms. The molecule has 2 aromatic carbocycles. The number of sulfone groups is 1. The van der Waals surface area contributed by atoms with Crippen LogP contribution in [-0.2, 0) is 14.6 Å². The number of halogens is 1. The summed E-state index contributed by atoms with van der Waals surface area (Å²) < 4.78 is 50.8. The number of hydrogen-bond donors (Lipinski definition) is 1. The molecule has 34 heavy (non-hydrogen) atoms. The highest BCUT2D eigenvalue weighted by atomic mass is 32.2. The molecule has 0 unspecified atom stereocenters. The fraction of sp³-hybridized carbons (Fsp3) is 0.130. The Morgan fingerprint density at radius 3 is 2.53 bits per heavy atom. The smallest absolute Gasteiger partial charge is 0.238 e. The SMILES string of the molecule is CCOc1ccc(NC(=O)CSc2oc(-c3cccs3)nc2S(=O)(=O)c2ccc(F)cc2)cc1. The Morgan fingerprint density at radius 1 is 1.15 bits per heavy atom. The minimum absolute atomic E-state index is 0.0189. The number of oxazole rings is 1. The van der Waals surface area contributed by atoms with Gasteiger partial charge in [-0.2, -0.15) is 4.98 Å². The van der Waals surface area contributed by atoms with Crippen molar-refractivity contribution in [1.29, 1.82) is 0 Å². The molecule has 0 saturated heterocycles. The minimum Gasteiger partial charge on any atom is -0.494 e. The Kier molecular flexibility index (Phi) is 7.35. The molecule has 0 aliphatic heterocycles. The Hall–Kier alpha value is -3.15. The molecular formula is C23H19FN2O5S3. The molecule has 4 aromatic rings. The quantitative estimate of drug-likeness (QED) is 0.231.